The van der Waals surface area contributed by atoms with Crippen LogP contribution in [-0.4, -0.2) is 11.1 Å². The van der Waals surface area contributed by atoms with E-state index in [1.165, 1.54) is 25.7 Å². The molecule has 0 radical (unpaired) electrons. The molecule has 17 heavy (non-hydrogen) atoms. The third-order valence-corrected chi connectivity index (χ3v) is 3.86. The molecule has 0 bridgehead atoms. The number of aliphatic hydroxyl groups excluding tert-OH is 1. The largest absolute Gasteiger partial charge is 0.389 e. The van der Waals surface area contributed by atoms with E-state index >= 15 is 0 Å². The maximum absolute atomic E-state index is 9.76. The van der Waals surface area contributed by atoms with E-state index in [9.17, 15) is 5.11 Å². The van der Waals surface area contributed by atoms with Gasteiger partial charge in [-0.15, -0.1) is 0 Å². The molecule has 0 amide bonds. The third-order valence-electron chi connectivity index (χ3n) is 3.86. The molecule has 2 rings (SSSR count). The van der Waals surface area contributed by atoms with Crippen molar-refractivity contribution in [2.75, 3.05) is 5.32 Å². The van der Waals surface area contributed by atoms with E-state index in [-0.39, 0.29) is 0 Å². The molecule has 3 unspecified atom stereocenters. The van der Waals surface area contributed by atoms with Crippen molar-refractivity contribution in [3.8, 4) is 0 Å². The van der Waals surface area contributed by atoms with Crippen LogP contribution >= 0.6 is 0 Å². The quantitative estimate of drug-likeness (QED) is 0.833. The number of hydrogen-bond donors (Lipinski definition) is 2. The summed E-state index contributed by atoms with van der Waals surface area (Å²) in [4.78, 5) is 0. The van der Waals surface area contributed by atoms with E-state index in [4.69, 9.17) is 0 Å². The second-order valence-electron chi connectivity index (χ2n) is 5.28. The van der Waals surface area contributed by atoms with Crippen LogP contribution < -0.4 is 5.32 Å². The zero-order chi connectivity index (χ0) is 12.3. The number of hydrogen-bond acceptors (Lipinski definition) is 2. The molecule has 0 aromatic heterocycles. The van der Waals surface area contributed by atoms with Gasteiger partial charge >= 0.3 is 0 Å². The number of benzene rings is 1. The van der Waals surface area contributed by atoms with Crippen molar-refractivity contribution in [2.45, 2.75) is 51.7 Å². The topological polar surface area (TPSA) is 32.3 Å². The van der Waals surface area contributed by atoms with E-state index in [1.807, 2.05) is 25.1 Å². The number of aliphatic hydroxyl groups is 1. The summed E-state index contributed by atoms with van der Waals surface area (Å²) in [6, 6.07) is 8.65. The van der Waals surface area contributed by atoms with E-state index < -0.39 is 6.10 Å². The third kappa shape index (κ3) is 3.01. The van der Waals surface area contributed by atoms with E-state index in [2.05, 4.69) is 18.3 Å². The highest BCUT2D eigenvalue weighted by Crippen LogP contribution is 2.29. The molecule has 0 saturated heterocycles. The standard InChI is InChI=1S/C15H23NO/c1-11-7-3-5-9-14(11)16-15-10-6-4-8-13(15)12(2)17/h4,6,8,10-12,14,16-17H,3,5,7,9H2,1-2H3. The number of rotatable bonds is 3. The smallest absolute Gasteiger partial charge is 0.0781 e. The highest BCUT2D eigenvalue weighted by molar-refractivity contribution is 5.52. The van der Waals surface area contributed by atoms with Gasteiger partial charge in [0, 0.05) is 17.3 Å². The fourth-order valence-corrected chi connectivity index (χ4v) is 2.72. The van der Waals surface area contributed by atoms with Crippen molar-refractivity contribution < 1.29 is 5.11 Å². The van der Waals surface area contributed by atoms with Gasteiger partial charge in [-0.1, -0.05) is 38.0 Å². The lowest BCUT2D eigenvalue weighted by Gasteiger charge is -2.31. The molecule has 1 saturated carbocycles. The predicted octanol–water partition coefficient (Wildman–Crippen LogP) is 3.73. The summed E-state index contributed by atoms with van der Waals surface area (Å²) in [6.45, 7) is 4.15. The summed E-state index contributed by atoms with van der Waals surface area (Å²) in [6.07, 6.45) is 4.83. The maximum atomic E-state index is 9.76. The summed E-state index contributed by atoms with van der Waals surface area (Å²) in [7, 11) is 0. The van der Waals surface area contributed by atoms with Crippen LogP contribution in [0.3, 0.4) is 0 Å². The highest BCUT2D eigenvalue weighted by Gasteiger charge is 2.21. The Morgan fingerprint density at radius 2 is 1.94 bits per heavy atom. The first kappa shape index (κ1) is 12.4. The first-order valence-corrected chi connectivity index (χ1v) is 6.72. The molecular formula is C15H23NO. The molecule has 0 spiro atoms. The average Bonchev–Trinajstić information content (AvgIpc) is 2.32. The first-order chi connectivity index (χ1) is 8.18. The van der Waals surface area contributed by atoms with Crippen molar-refractivity contribution in [3.05, 3.63) is 29.8 Å². The van der Waals surface area contributed by atoms with Crippen molar-refractivity contribution in [3.63, 3.8) is 0 Å². The van der Waals surface area contributed by atoms with E-state index in [1.54, 1.807) is 0 Å². The SMILES string of the molecule is CC(O)c1ccccc1NC1CCCCC1C. The van der Waals surface area contributed by atoms with Gasteiger partial charge in [-0.3, -0.25) is 0 Å². The van der Waals surface area contributed by atoms with Crippen LogP contribution in [0.4, 0.5) is 5.69 Å². The molecule has 0 aliphatic heterocycles. The van der Waals surface area contributed by atoms with Gasteiger partial charge < -0.3 is 10.4 Å². The Balaban J connectivity index is 2.12. The molecule has 2 nitrogen and oxygen atoms in total. The van der Waals surface area contributed by atoms with Crippen LogP contribution in [0.1, 0.15) is 51.2 Å². The van der Waals surface area contributed by atoms with Gasteiger partial charge in [0.15, 0.2) is 0 Å². The second-order valence-corrected chi connectivity index (χ2v) is 5.28. The highest BCUT2D eigenvalue weighted by atomic mass is 16.3. The van der Waals surface area contributed by atoms with E-state index in [0.29, 0.717) is 6.04 Å². The second kappa shape index (κ2) is 5.54. The van der Waals surface area contributed by atoms with Gasteiger partial charge in [-0.25, -0.2) is 0 Å². The molecule has 1 aromatic rings. The van der Waals surface area contributed by atoms with Gasteiger partial charge in [-0.2, -0.15) is 0 Å². The Bertz CT molecular complexity index is 362. The van der Waals surface area contributed by atoms with Crippen LogP contribution in [0.2, 0.25) is 0 Å². The van der Waals surface area contributed by atoms with Crippen molar-refractivity contribution in [1.29, 1.82) is 0 Å². The lowest BCUT2D eigenvalue weighted by molar-refractivity contribution is 0.199. The molecule has 0 heterocycles. The van der Waals surface area contributed by atoms with Gasteiger partial charge in [0.05, 0.1) is 6.10 Å². The molecule has 1 aliphatic rings. The predicted molar refractivity (Wildman–Crippen MR) is 72.1 cm³/mol. The van der Waals surface area contributed by atoms with Crippen LogP contribution in [0.25, 0.3) is 0 Å². The number of para-hydroxylation sites is 1. The molecule has 1 fully saturated rings. The van der Waals surface area contributed by atoms with Crippen molar-refractivity contribution >= 4 is 5.69 Å². The molecular weight excluding hydrogens is 210 g/mol. The summed E-state index contributed by atoms with van der Waals surface area (Å²) in [5.41, 5.74) is 2.10. The zero-order valence-electron chi connectivity index (χ0n) is 10.8. The van der Waals surface area contributed by atoms with Gasteiger partial charge in [0.2, 0.25) is 0 Å². The Morgan fingerprint density at radius 3 is 2.65 bits per heavy atom. The Labute approximate surface area is 104 Å². The van der Waals surface area contributed by atoms with Crippen LogP contribution in [0.15, 0.2) is 24.3 Å². The van der Waals surface area contributed by atoms with Crippen molar-refractivity contribution in [2.24, 2.45) is 5.92 Å². The summed E-state index contributed by atoms with van der Waals surface area (Å²) in [5.74, 6) is 0.728. The van der Waals surface area contributed by atoms with Gasteiger partial charge in [0.1, 0.15) is 0 Å². The molecule has 3 atom stereocenters. The summed E-state index contributed by atoms with van der Waals surface area (Å²) < 4.78 is 0. The maximum Gasteiger partial charge on any atom is 0.0781 e. The minimum atomic E-state index is -0.405. The molecule has 94 valence electrons. The molecule has 1 aromatic carbocycles. The number of nitrogens with one attached hydrogen (secondary N) is 1. The average molecular weight is 233 g/mol. The summed E-state index contributed by atoms with van der Waals surface area (Å²) >= 11 is 0. The van der Waals surface area contributed by atoms with Crippen molar-refractivity contribution in [1.82, 2.24) is 0 Å². The molecule has 2 N–H and O–H groups in total. The minimum Gasteiger partial charge on any atom is -0.389 e. The van der Waals surface area contributed by atoms with Gasteiger partial charge in [-0.05, 0) is 31.7 Å². The molecule has 1 aliphatic carbocycles. The zero-order valence-corrected chi connectivity index (χ0v) is 10.8. The first-order valence-electron chi connectivity index (χ1n) is 6.72. The monoisotopic (exact) mass is 233 g/mol. The Hall–Kier alpha value is -1.02. The van der Waals surface area contributed by atoms with Crippen LogP contribution in [0, 0.1) is 5.92 Å². The minimum absolute atomic E-state index is 0.405. The molecule has 2 heteroatoms. The fourth-order valence-electron chi connectivity index (χ4n) is 2.72. The Kier molecular flexibility index (Phi) is 4.06. The fraction of sp³-hybridized carbons (Fsp3) is 0.600. The van der Waals surface area contributed by atoms with E-state index in [0.717, 1.165) is 17.2 Å². The van der Waals surface area contributed by atoms with Gasteiger partial charge in [0.25, 0.3) is 0 Å². The summed E-state index contributed by atoms with van der Waals surface area (Å²) in [5, 5.41) is 13.4. The lowest BCUT2D eigenvalue weighted by Crippen LogP contribution is -2.30. The lowest BCUT2D eigenvalue weighted by atomic mass is 9.85. The normalized spacial score (nSPS) is 26.5. The number of anilines is 1. The Morgan fingerprint density at radius 1 is 1.24 bits per heavy atom. The van der Waals surface area contributed by atoms with Crippen LogP contribution in [-0.2, 0) is 0 Å². The van der Waals surface area contributed by atoms with Crippen LogP contribution in [0.5, 0.6) is 0 Å².